The normalized spacial score (nSPS) is 19.8. The molecule has 2 aromatic rings. The lowest BCUT2D eigenvalue weighted by Gasteiger charge is -2.33. The Morgan fingerprint density at radius 3 is 2.92 bits per heavy atom. The fraction of sp³-hybridized carbons (Fsp3) is 0.474. The summed E-state index contributed by atoms with van der Waals surface area (Å²) < 4.78 is 1.61. The van der Waals surface area contributed by atoms with Crippen LogP contribution in [0.2, 0.25) is 0 Å². The van der Waals surface area contributed by atoms with E-state index in [9.17, 15) is 4.79 Å². The van der Waals surface area contributed by atoms with Gasteiger partial charge in [-0.05, 0) is 56.2 Å². The zero-order valence-corrected chi connectivity index (χ0v) is 14.4. The summed E-state index contributed by atoms with van der Waals surface area (Å²) in [5.74, 6) is 0.472. The summed E-state index contributed by atoms with van der Waals surface area (Å²) in [4.78, 5) is 15.5. The Kier molecular flexibility index (Phi) is 3.59. The van der Waals surface area contributed by atoms with E-state index in [0.717, 1.165) is 61.2 Å². The predicted octanol–water partition coefficient (Wildman–Crippen LogP) is 2.92. The van der Waals surface area contributed by atoms with Crippen molar-refractivity contribution < 1.29 is 4.79 Å². The Bertz CT molecular complexity index is 808. The lowest BCUT2D eigenvalue weighted by atomic mass is 9.88. The summed E-state index contributed by atoms with van der Waals surface area (Å²) in [6.07, 6.45) is 4.90. The number of nitrogens with zero attached hydrogens (tertiary/aromatic N) is 3. The molecule has 1 atom stereocenters. The number of rotatable bonds is 1. The second-order valence-electron chi connectivity index (χ2n) is 7.09. The highest BCUT2D eigenvalue weighted by Gasteiger charge is 2.33. The molecule has 0 saturated carbocycles. The van der Waals surface area contributed by atoms with Crippen molar-refractivity contribution in [3.63, 3.8) is 0 Å². The van der Waals surface area contributed by atoms with Crippen LogP contribution >= 0.6 is 0 Å². The average Bonchev–Trinajstić information content (AvgIpc) is 2.92. The highest BCUT2D eigenvalue weighted by molar-refractivity contribution is 5.89. The largest absolute Gasteiger partial charge is 0.382 e. The van der Waals surface area contributed by atoms with E-state index >= 15 is 0 Å². The van der Waals surface area contributed by atoms with Gasteiger partial charge < -0.3 is 10.6 Å². The summed E-state index contributed by atoms with van der Waals surface area (Å²) in [5.41, 5.74) is 11.7. The average molecular weight is 324 g/mol. The summed E-state index contributed by atoms with van der Waals surface area (Å²) in [7, 11) is 2.09. The second kappa shape index (κ2) is 5.65. The van der Waals surface area contributed by atoms with Crippen LogP contribution in [-0.2, 0) is 12.8 Å². The monoisotopic (exact) mass is 324 g/mol. The standard InChI is InChI=1S/C19H24N4O/c1-12-7-8-13-14(9-10-22(2)17(13)11-12)19(24)23-16-6-4-3-5-15(16)18(20)21-23/h7-8,11,14H,3-6,9-10H2,1-2H3,(H2,20,21). The number of nitrogens with two attached hydrogens (primary N) is 1. The number of aromatic nitrogens is 2. The summed E-state index contributed by atoms with van der Waals surface area (Å²) in [6, 6.07) is 6.36. The van der Waals surface area contributed by atoms with Crippen molar-refractivity contribution in [1.29, 1.82) is 0 Å². The van der Waals surface area contributed by atoms with Crippen molar-refractivity contribution in [2.24, 2.45) is 0 Å². The third-order valence-corrected chi connectivity index (χ3v) is 5.44. The van der Waals surface area contributed by atoms with Gasteiger partial charge in [0.05, 0.1) is 11.6 Å². The van der Waals surface area contributed by atoms with E-state index in [1.807, 2.05) is 0 Å². The zero-order valence-electron chi connectivity index (χ0n) is 14.4. The third kappa shape index (κ3) is 2.30. The van der Waals surface area contributed by atoms with Crippen LogP contribution in [0.15, 0.2) is 18.2 Å². The molecule has 1 aromatic carbocycles. The smallest absolute Gasteiger partial charge is 0.254 e. The van der Waals surface area contributed by atoms with E-state index in [4.69, 9.17) is 5.73 Å². The molecule has 1 aliphatic heterocycles. The molecule has 2 N–H and O–H groups in total. The van der Waals surface area contributed by atoms with Crippen LogP contribution in [-0.4, -0.2) is 29.3 Å². The van der Waals surface area contributed by atoms with Crippen molar-refractivity contribution >= 4 is 17.4 Å². The molecule has 4 rings (SSSR count). The van der Waals surface area contributed by atoms with Crippen LogP contribution in [0.5, 0.6) is 0 Å². The fourth-order valence-electron chi connectivity index (χ4n) is 4.09. The van der Waals surface area contributed by atoms with Crippen LogP contribution in [0.4, 0.5) is 11.5 Å². The second-order valence-corrected chi connectivity index (χ2v) is 7.09. The number of hydrogen-bond donors (Lipinski definition) is 1. The number of carbonyl (C=O) groups is 1. The van der Waals surface area contributed by atoms with Gasteiger partial charge in [0.1, 0.15) is 5.82 Å². The van der Waals surface area contributed by atoms with E-state index in [1.165, 1.54) is 5.56 Å². The minimum absolute atomic E-state index is 0.0723. The predicted molar refractivity (Wildman–Crippen MR) is 95.7 cm³/mol. The molecule has 0 saturated heterocycles. The van der Waals surface area contributed by atoms with E-state index in [1.54, 1.807) is 4.68 Å². The highest BCUT2D eigenvalue weighted by atomic mass is 16.2. The SMILES string of the molecule is Cc1ccc2c(c1)N(C)CCC2C(=O)n1nc(N)c2c1CCCC2. The lowest BCUT2D eigenvalue weighted by molar-refractivity contribution is 0.0851. The molecule has 0 radical (unpaired) electrons. The molecule has 0 amide bonds. The fourth-order valence-corrected chi connectivity index (χ4v) is 4.09. The number of benzene rings is 1. The molecular weight excluding hydrogens is 300 g/mol. The number of aryl methyl sites for hydroxylation is 1. The first-order chi connectivity index (χ1) is 11.6. The molecule has 5 heteroatoms. The van der Waals surface area contributed by atoms with Crippen LogP contribution in [0.1, 0.15) is 52.4 Å². The van der Waals surface area contributed by atoms with Crippen LogP contribution in [0.3, 0.4) is 0 Å². The molecular formula is C19H24N4O. The molecule has 0 bridgehead atoms. The number of nitrogen functional groups attached to an aromatic ring is 1. The van der Waals surface area contributed by atoms with Crippen LogP contribution in [0, 0.1) is 6.92 Å². The van der Waals surface area contributed by atoms with E-state index < -0.39 is 0 Å². The first-order valence-electron chi connectivity index (χ1n) is 8.78. The van der Waals surface area contributed by atoms with Crippen molar-refractivity contribution in [2.75, 3.05) is 24.2 Å². The molecule has 0 spiro atoms. The number of fused-ring (bicyclic) bond motifs is 2. The van der Waals surface area contributed by atoms with Gasteiger partial charge >= 0.3 is 0 Å². The van der Waals surface area contributed by atoms with Crippen molar-refractivity contribution in [3.05, 3.63) is 40.6 Å². The topological polar surface area (TPSA) is 64.2 Å². The Hall–Kier alpha value is -2.30. The van der Waals surface area contributed by atoms with Crippen molar-refractivity contribution in [1.82, 2.24) is 9.78 Å². The maximum absolute atomic E-state index is 13.3. The van der Waals surface area contributed by atoms with Gasteiger partial charge in [-0.1, -0.05) is 12.1 Å². The first-order valence-corrected chi connectivity index (χ1v) is 8.78. The van der Waals surface area contributed by atoms with Crippen molar-refractivity contribution in [2.45, 2.75) is 44.9 Å². The maximum Gasteiger partial charge on any atom is 0.254 e. The van der Waals surface area contributed by atoms with Crippen LogP contribution in [0.25, 0.3) is 0 Å². The van der Waals surface area contributed by atoms with Gasteiger partial charge in [0.15, 0.2) is 0 Å². The minimum Gasteiger partial charge on any atom is -0.382 e. The maximum atomic E-state index is 13.3. The van der Waals surface area contributed by atoms with Gasteiger partial charge in [0.2, 0.25) is 0 Å². The Morgan fingerprint density at radius 2 is 2.08 bits per heavy atom. The van der Waals surface area contributed by atoms with Gasteiger partial charge in [-0.25, -0.2) is 4.68 Å². The minimum atomic E-state index is -0.137. The van der Waals surface area contributed by atoms with Gasteiger partial charge in [0.25, 0.3) is 5.91 Å². The number of carbonyl (C=O) groups excluding carboxylic acids is 1. The van der Waals surface area contributed by atoms with Gasteiger partial charge in [0, 0.05) is 24.8 Å². The van der Waals surface area contributed by atoms with E-state index in [-0.39, 0.29) is 11.8 Å². The van der Waals surface area contributed by atoms with Gasteiger partial charge in [-0.3, -0.25) is 4.79 Å². The molecule has 126 valence electrons. The molecule has 5 nitrogen and oxygen atoms in total. The van der Waals surface area contributed by atoms with E-state index in [2.05, 4.69) is 42.2 Å². The summed E-state index contributed by atoms with van der Waals surface area (Å²) >= 11 is 0. The molecule has 1 aromatic heterocycles. The summed E-state index contributed by atoms with van der Waals surface area (Å²) in [6.45, 7) is 2.97. The summed E-state index contributed by atoms with van der Waals surface area (Å²) in [5, 5.41) is 4.41. The first kappa shape index (κ1) is 15.2. The number of anilines is 2. The molecule has 1 unspecified atom stereocenters. The molecule has 2 aliphatic rings. The highest BCUT2D eigenvalue weighted by Crippen LogP contribution is 2.37. The van der Waals surface area contributed by atoms with Gasteiger partial charge in [-0.2, -0.15) is 0 Å². The number of hydrogen-bond acceptors (Lipinski definition) is 4. The molecule has 0 fully saturated rings. The molecule has 2 heterocycles. The Morgan fingerprint density at radius 1 is 1.29 bits per heavy atom. The quantitative estimate of drug-likeness (QED) is 0.876. The Balaban J connectivity index is 1.75. The molecule has 1 aliphatic carbocycles. The Labute approximate surface area is 142 Å². The van der Waals surface area contributed by atoms with Gasteiger partial charge in [-0.15, -0.1) is 5.10 Å². The van der Waals surface area contributed by atoms with Crippen molar-refractivity contribution in [3.8, 4) is 0 Å². The lowest BCUT2D eigenvalue weighted by Crippen LogP contribution is -2.33. The van der Waals surface area contributed by atoms with E-state index in [0.29, 0.717) is 5.82 Å². The molecule has 24 heavy (non-hydrogen) atoms. The van der Waals surface area contributed by atoms with Crippen LogP contribution < -0.4 is 10.6 Å². The third-order valence-electron chi connectivity index (χ3n) is 5.44. The zero-order chi connectivity index (χ0) is 16.8.